The first-order valence-electron chi connectivity index (χ1n) is 6.17. The molecule has 0 aliphatic carbocycles. The largest absolute Gasteiger partial charge is 0.673 e. The van der Waals surface area contributed by atoms with E-state index in [1.807, 2.05) is 18.2 Å². The number of hydrogen-bond donors (Lipinski definition) is 1. The maximum Gasteiger partial charge on any atom is 0.673 e. The van der Waals surface area contributed by atoms with Gasteiger partial charge in [0.25, 0.3) is 0 Å². The molecule has 2 rings (SSSR count). The summed E-state index contributed by atoms with van der Waals surface area (Å²) in [6, 6.07) is 18.0. The fourth-order valence-corrected chi connectivity index (χ4v) is 2.55. The maximum atomic E-state index is 9.75. The van der Waals surface area contributed by atoms with Gasteiger partial charge in [0.1, 0.15) is 17.3 Å². The van der Waals surface area contributed by atoms with Crippen molar-refractivity contribution < 1.29 is 22.4 Å². The van der Waals surface area contributed by atoms with Crippen LogP contribution in [0.25, 0.3) is 0 Å². The van der Waals surface area contributed by atoms with Gasteiger partial charge in [-0.05, 0) is 23.9 Å². The van der Waals surface area contributed by atoms with E-state index >= 15 is 0 Å². The molecule has 1 nitrogen and oxygen atoms in total. The molecule has 0 saturated carbocycles. The third-order valence-electron chi connectivity index (χ3n) is 2.37. The van der Waals surface area contributed by atoms with Crippen LogP contribution in [0.2, 0.25) is 0 Å². The lowest BCUT2D eigenvalue weighted by Crippen LogP contribution is -2.02. The minimum atomic E-state index is -6.00. The molecule has 0 aromatic heterocycles. The molecular formula is C14H15BF4OS. The van der Waals surface area contributed by atoms with Crippen LogP contribution < -0.4 is 0 Å². The van der Waals surface area contributed by atoms with Crippen LogP contribution in [-0.2, 0) is 23.3 Å². The van der Waals surface area contributed by atoms with Gasteiger partial charge >= 0.3 is 7.25 Å². The van der Waals surface area contributed by atoms with Crippen LogP contribution in [0.15, 0.2) is 54.6 Å². The first-order chi connectivity index (χ1) is 9.84. The maximum absolute atomic E-state index is 9.75. The normalized spacial score (nSPS) is 10.7. The minimum Gasteiger partial charge on any atom is -0.508 e. The molecule has 0 radical (unpaired) electrons. The Labute approximate surface area is 125 Å². The number of hydrogen-bond acceptors (Lipinski definition) is 1. The van der Waals surface area contributed by atoms with Crippen LogP contribution >= 0.6 is 0 Å². The van der Waals surface area contributed by atoms with Gasteiger partial charge in [-0.2, -0.15) is 0 Å². The predicted octanol–water partition coefficient (Wildman–Crippen LogP) is 4.21. The van der Waals surface area contributed by atoms with Crippen molar-refractivity contribution in [2.24, 2.45) is 0 Å². The Morgan fingerprint density at radius 3 is 1.67 bits per heavy atom. The summed E-state index contributed by atoms with van der Waals surface area (Å²) < 4.78 is 39.0. The number of rotatable bonds is 4. The van der Waals surface area contributed by atoms with Crippen LogP contribution in [0.3, 0.4) is 0 Å². The van der Waals surface area contributed by atoms with E-state index in [-0.39, 0.29) is 0 Å². The Morgan fingerprint density at radius 1 is 0.762 bits per heavy atom. The predicted molar refractivity (Wildman–Crippen MR) is 80.9 cm³/mol. The molecule has 0 atom stereocenters. The molecule has 0 aliphatic rings. The Kier molecular flexibility index (Phi) is 7.15. The van der Waals surface area contributed by atoms with E-state index in [1.165, 1.54) is 22.9 Å². The SMILES string of the molecule is F[B-](F)(F)F.Oc1ccc(C[SH+]Cc2ccccc2)cc1. The molecule has 0 heterocycles. The molecule has 0 amide bonds. The van der Waals surface area contributed by atoms with E-state index in [4.69, 9.17) is 5.11 Å². The standard InChI is InChI=1S/C14H14OS.BF4/c15-14-8-6-13(7-9-14)11-16-10-12-4-2-1-3-5-12;2-1(3,4)5/h1-9,15H,10-11H2;/q;-1/p+1. The zero-order valence-corrected chi connectivity index (χ0v) is 12.0. The summed E-state index contributed by atoms with van der Waals surface area (Å²) in [6.45, 7) is 0. The second-order valence-corrected chi connectivity index (χ2v) is 5.27. The lowest BCUT2D eigenvalue weighted by molar-refractivity contribution is 0.368. The van der Waals surface area contributed by atoms with E-state index in [1.54, 1.807) is 12.1 Å². The van der Waals surface area contributed by atoms with Gasteiger partial charge in [-0.15, -0.1) is 0 Å². The fraction of sp³-hybridized carbons (Fsp3) is 0.143. The monoisotopic (exact) mass is 318 g/mol. The third-order valence-corrected chi connectivity index (χ3v) is 3.55. The van der Waals surface area contributed by atoms with Crippen molar-refractivity contribution in [1.29, 1.82) is 0 Å². The molecule has 1 N–H and O–H groups in total. The summed E-state index contributed by atoms with van der Waals surface area (Å²) in [5.74, 6) is 2.46. The summed E-state index contributed by atoms with van der Waals surface area (Å²) in [4.78, 5) is 0. The Morgan fingerprint density at radius 2 is 1.19 bits per heavy atom. The van der Waals surface area contributed by atoms with E-state index in [0.717, 1.165) is 11.5 Å². The number of phenols is 1. The lowest BCUT2D eigenvalue weighted by Gasteiger charge is -1.96. The molecule has 0 fully saturated rings. The number of benzene rings is 2. The van der Waals surface area contributed by atoms with Crippen molar-refractivity contribution >= 4 is 19.0 Å². The van der Waals surface area contributed by atoms with Crippen molar-refractivity contribution in [2.75, 3.05) is 0 Å². The van der Waals surface area contributed by atoms with E-state index in [0.29, 0.717) is 5.75 Å². The van der Waals surface area contributed by atoms with E-state index < -0.39 is 7.25 Å². The van der Waals surface area contributed by atoms with E-state index in [2.05, 4.69) is 24.3 Å². The molecule has 0 aliphatic heterocycles. The van der Waals surface area contributed by atoms with Crippen LogP contribution in [0, 0.1) is 0 Å². The number of halogens is 4. The van der Waals surface area contributed by atoms with Gasteiger partial charge < -0.3 is 22.4 Å². The van der Waals surface area contributed by atoms with Gasteiger partial charge in [-0.3, -0.25) is 0 Å². The molecule has 0 bridgehead atoms. The second kappa shape index (κ2) is 8.62. The molecule has 0 saturated heterocycles. The smallest absolute Gasteiger partial charge is 0.508 e. The highest BCUT2D eigenvalue weighted by Gasteiger charge is 2.20. The molecule has 0 unspecified atom stereocenters. The van der Waals surface area contributed by atoms with Gasteiger partial charge in [-0.1, -0.05) is 42.5 Å². The van der Waals surface area contributed by atoms with Crippen molar-refractivity contribution in [3.63, 3.8) is 0 Å². The number of aromatic hydroxyl groups is 1. The Balaban J connectivity index is 0.000000383. The van der Waals surface area contributed by atoms with Crippen molar-refractivity contribution in [2.45, 2.75) is 11.5 Å². The summed E-state index contributed by atoms with van der Waals surface area (Å²) in [6.07, 6.45) is 0. The van der Waals surface area contributed by atoms with Crippen molar-refractivity contribution in [3.05, 3.63) is 65.7 Å². The molecule has 2 aromatic rings. The zero-order chi connectivity index (χ0) is 15.7. The van der Waals surface area contributed by atoms with E-state index in [9.17, 15) is 17.3 Å². The van der Waals surface area contributed by atoms with Crippen LogP contribution in [0.1, 0.15) is 11.1 Å². The lowest BCUT2D eigenvalue weighted by atomic mass is 10.2. The fourth-order valence-electron chi connectivity index (χ4n) is 1.50. The average molecular weight is 318 g/mol. The summed E-state index contributed by atoms with van der Waals surface area (Å²) >= 11 is 1.39. The highest BCUT2D eigenvalue weighted by molar-refractivity contribution is 7.76. The summed E-state index contributed by atoms with van der Waals surface area (Å²) in [5, 5.41) is 9.16. The molecule has 0 spiro atoms. The molecule has 2 aromatic carbocycles. The van der Waals surface area contributed by atoms with Crippen molar-refractivity contribution in [1.82, 2.24) is 0 Å². The quantitative estimate of drug-likeness (QED) is 0.387. The minimum absolute atomic E-state index is 0.337. The van der Waals surface area contributed by atoms with Crippen LogP contribution in [0.5, 0.6) is 5.75 Å². The highest BCUT2D eigenvalue weighted by atomic mass is 32.2. The zero-order valence-electron chi connectivity index (χ0n) is 11.1. The molecule has 7 heteroatoms. The van der Waals surface area contributed by atoms with Gasteiger partial charge in [0.05, 0.1) is 0 Å². The first-order valence-corrected chi connectivity index (χ1v) is 7.43. The summed E-state index contributed by atoms with van der Waals surface area (Å²) in [7, 11) is -6.00. The van der Waals surface area contributed by atoms with Gasteiger partial charge in [-0.25, -0.2) is 0 Å². The number of phenolic OH excluding ortho intramolecular Hbond substituents is 1. The Bertz CT molecular complexity index is 511. The summed E-state index contributed by atoms with van der Waals surface area (Å²) in [5.41, 5.74) is 2.65. The highest BCUT2D eigenvalue weighted by Crippen LogP contribution is 2.11. The van der Waals surface area contributed by atoms with Crippen LogP contribution in [-0.4, -0.2) is 12.4 Å². The van der Waals surface area contributed by atoms with Crippen molar-refractivity contribution in [3.8, 4) is 5.75 Å². The molecular weight excluding hydrogens is 303 g/mol. The van der Waals surface area contributed by atoms with Gasteiger partial charge in [0.15, 0.2) is 0 Å². The first kappa shape index (κ1) is 17.4. The average Bonchev–Trinajstić information content (AvgIpc) is 2.40. The van der Waals surface area contributed by atoms with Gasteiger partial charge in [0.2, 0.25) is 0 Å². The second-order valence-electron chi connectivity index (χ2n) is 4.19. The third kappa shape index (κ3) is 9.84. The van der Waals surface area contributed by atoms with Gasteiger partial charge in [0, 0.05) is 11.1 Å². The topological polar surface area (TPSA) is 20.2 Å². The molecule has 114 valence electrons. The Hall–Kier alpha value is -1.63. The molecule has 21 heavy (non-hydrogen) atoms. The number of thiol groups is 1. The van der Waals surface area contributed by atoms with Crippen LogP contribution in [0.4, 0.5) is 17.3 Å².